The minimum Gasteiger partial charge on any atom is -0.466 e. The number of fused-ring (bicyclic) bond motifs is 1. The van der Waals surface area contributed by atoms with Crippen LogP contribution in [-0.4, -0.2) is 55.7 Å². The largest absolute Gasteiger partial charge is 0.466 e. The highest BCUT2D eigenvalue weighted by molar-refractivity contribution is 7.89. The van der Waals surface area contributed by atoms with Crippen molar-refractivity contribution in [3.63, 3.8) is 0 Å². The number of piperidine rings is 1. The van der Waals surface area contributed by atoms with E-state index in [0.29, 0.717) is 45.5 Å². The van der Waals surface area contributed by atoms with Gasteiger partial charge in [0.25, 0.3) is 0 Å². The molecule has 0 spiro atoms. The lowest BCUT2D eigenvalue weighted by Gasteiger charge is -2.38. The molecule has 0 aliphatic carbocycles. The Hall–Kier alpha value is -2.71. The third kappa shape index (κ3) is 5.03. The molecule has 2 aliphatic rings. The molecule has 2 heterocycles. The SMILES string of the molecule is CCOC(=O)C1CCN(C(=O)C[C@H]2c3ccccc3CCN2S(=O)(=O)c2ccc(C)cc2)CC1. The molecule has 8 heteroatoms. The molecule has 182 valence electrons. The number of amides is 1. The fraction of sp³-hybridized carbons (Fsp3) is 0.462. The van der Waals surface area contributed by atoms with Crippen molar-refractivity contribution in [2.75, 3.05) is 26.2 Å². The zero-order valence-corrected chi connectivity index (χ0v) is 20.6. The summed E-state index contributed by atoms with van der Waals surface area (Å²) in [6.45, 7) is 5.33. The highest BCUT2D eigenvalue weighted by Gasteiger charge is 2.39. The van der Waals surface area contributed by atoms with Crippen LogP contribution in [-0.2, 0) is 30.8 Å². The number of aryl methyl sites for hydroxylation is 1. The molecule has 1 fully saturated rings. The van der Waals surface area contributed by atoms with Gasteiger partial charge >= 0.3 is 5.97 Å². The zero-order valence-electron chi connectivity index (χ0n) is 19.8. The van der Waals surface area contributed by atoms with Gasteiger partial charge < -0.3 is 9.64 Å². The van der Waals surface area contributed by atoms with E-state index in [4.69, 9.17) is 4.74 Å². The number of rotatable bonds is 6. The van der Waals surface area contributed by atoms with E-state index in [2.05, 4.69) is 0 Å². The first-order chi connectivity index (χ1) is 16.3. The predicted molar refractivity (Wildman–Crippen MR) is 129 cm³/mol. The molecule has 1 amide bonds. The van der Waals surface area contributed by atoms with Gasteiger partial charge in [-0.25, -0.2) is 8.42 Å². The second kappa shape index (κ2) is 10.3. The number of ether oxygens (including phenoxy) is 1. The highest BCUT2D eigenvalue weighted by atomic mass is 32.2. The summed E-state index contributed by atoms with van der Waals surface area (Å²) in [5.41, 5.74) is 2.96. The van der Waals surface area contributed by atoms with Gasteiger partial charge in [-0.15, -0.1) is 0 Å². The highest BCUT2D eigenvalue weighted by Crippen LogP contribution is 2.37. The third-order valence-electron chi connectivity index (χ3n) is 6.83. The van der Waals surface area contributed by atoms with E-state index < -0.39 is 16.1 Å². The quantitative estimate of drug-likeness (QED) is 0.586. The van der Waals surface area contributed by atoms with Crippen LogP contribution >= 0.6 is 0 Å². The number of likely N-dealkylation sites (tertiary alicyclic amines) is 1. The van der Waals surface area contributed by atoms with E-state index in [9.17, 15) is 18.0 Å². The molecule has 2 aromatic rings. The van der Waals surface area contributed by atoms with Crippen LogP contribution in [0.25, 0.3) is 0 Å². The Kier molecular flexibility index (Phi) is 7.38. The van der Waals surface area contributed by atoms with Crippen molar-refractivity contribution in [2.45, 2.75) is 50.5 Å². The molecule has 4 rings (SSSR count). The summed E-state index contributed by atoms with van der Waals surface area (Å²) in [6, 6.07) is 14.0. The van der Waals surface area contributed by atoms with Crippen LogP contribution in [0.5, 0.6) is 0 Å². The number of hydrogen-bond donors (Lipinski definition) is 0. The number of carbonyl (C=O) groups excluding carboxylic acids is 2. The first-order valence-electron chi connectivity index (χ1n) is 11.9. The maximum absolute atomic E-state index is 13.6. The molecule has 2 aliphatic heterocycles. The van der Waals surface area contributed by atoms with Crippen LogP contribution in [0.2, 0.25) is 0 Å². The van der Waals surface area contributed by atoms with E-state index in [-0.39, 0.29) is 29.1 Å². The number of hydrogen-bond acceptors (Lipinski definition) is 5. The summed E-state index contributed by atoms with van der Waals surface area (Å²) in [5.74, 6) is -0.475. The minimum atomic E-state index is -3.77. The molecular weight excluding hydrogens is 452 g/mol. The summed E-state index contributed by atoms with van der Waals surface area (Å²) in [4.78, 5) is 27.4. The maximum Gasteiger partial charge on any atom is 0.309 e. The van der Waals surface area contributed by atoms with Gasteiger partial charge in [0.1, 0.15) is 0 Å². The van der Waals surface area contributed by atoms with Crippen LogP contribution in [0.4, 0.5) is 0 Å². The molecule has 34 heavy (non-hydrogen) atoms. The molecular formula is C26H32N2O5S. The number of carbonyl (C=O) groups is 2. The summed E-state index contributed by atoms with van der Waals surface area (Å²) < 4.78 is 33.8. The third-order valence-corrected chi connectivity index (χ3v) is 8.75. The van der Waals surface area contributed by atoms with Crippen LogP contribution in [0.1, 0.15) is 48.9 Å². The van der Waals surface area contributed by atoms with Gasteiger partial charge in [-0.05, 0) is 56.4 Å². The van der Waals surface area contributed by atoms with Crippen LogP contribution < -0.4 is 0 Å². The van der Waals surface area contributed by atoms with Gasteiger partial charge in [-0.1, -0.05) is 42.0 Å². The summed E-state index contributed by atoms with van der Waals surface area (Å²) in [7, 11) is -3.77. The van der Waals surface area contributed by atoms with Crippen LogP contribution in [0.3, 0.4) is 0 Å². The average molecular weight is 485 g/mol. The lowest BCUT2D eigenvalue weighted by atomic mass is 9.91. The average Bonchev–Trinajstić information content (AvgIpc) is 2.84. The smallest absolute Gasteiger partial charge is 0.309 e. The molecule has 0 unspecified atom stereocenters. The Morgan fingerprint density at radius 1 is 1.00 bits per heavy atom. The van der Waals surface area contributed by atoms with E-state index in [1.165, 1.54) is 4.31 Å². The lowest BCUT2D eigenvalue weighted by molar-refractivity contribution is -0.151. The van der Waals surface area contributed by atoms with Crippen molar-refractivity contribution in [3.05, 3.63) is 65.2 Å². The maximum atomic E-state index is 13.6. The van der Waals surface area contributed by atoms with E-state index in [0.717, 1.165) is 16.7 Å². The van der Waals surface area contributed by atoms with Gasteiger partial charge in [-0.2, -0.15) is 4.31 Å². The second-order valence-corrected chi connectivity index (χ2v) is 10.9. The fourth-order valence-electron chi connectivity index (χ4n) is 4.89. The molecule has 1 saturated heterocycles. The summed E-state index contributed by atoms with van der Waals surface area (Å²) in [6.07, 6.45) is 1.82. The topological polar surface area (TPSA) is 84.0 Å². The van der Waals surface area contributed by atoms with Gasteiger partial charge in [0, 0.05) is 26.1 Å². The molecule has 0 saturated carbocycles. The Balaban J connectivity index is 1.55. The predicted octanol–water partition coefficient (Wildman–Crippen LogP) is 3.47. The van der Waals surface area contributed by atoms with E-state index in [1.54, 1.807) is 36.1 Å². The van der Waals surface area contributed by atoms with Gasteiger partial charge in [0.2, 0.25) is 15.9 Å². The molecule has 7 nitrogen and oxygen atoms in total. The Labute approximate surface area is 201 Å². The van der Waals surface area contributed by atoms with Crippen molar-refractivity contribution in [1.82, 2.24) is 9.21 Å². The van der Waals surface area contributed by atoms with Crippen molar-refractivity contribution >= 4 is 21.9 Å². The van der Waals surface area contributed by atoms with Crippen molar-refractivity contribution in [1.29, 1.82) is 0 Å². The van der Waals surface area contributed by atoms with E-state index in [1.807, 2.05) is 31.2 Å². The first-order valence-corrected chi connectivity index (χ1v) is 13.4. The molecule has 0 radical (unpaired) electrons. The molecule has 0 aromatic heterocycles. The van der Waals surface area contributed by atoms with Gasteiger partial charge in [0.05, 0.1) is 23.5 Å². The number of esters is 1. The molecule has 0 N–H and O–H groups in total. The minimum absolute atomic E-state index is 0.0756. The molecule has 0 bridgehead atoms. The van der Waals surface area contributed by atoms with Crippen LogP contribution in [0, 0.1) is 12.8 Å². The number of benzene rings is 2. The van der Waals surface area contributed by atoms with Crippen molar-refractivity contribution < 1.29 is 22.7 Å². The summed E-state index contributed by atoms with van der Waals surface area (Å²) in [5, 5.41) is 0. The van der Waals surface area contributed by atoms with E-state index >= 15 is 0 Å². The Morgan fingerprint density at radius 3 is 2.35 bits per heavy atom. The standard InChI is InChI=1S/C26H32N2O5S/c1-3-33-26(30)21-12-15-27(16-13-21)25(29)18-24-23-7-5-4-6-20(23)14-17-28(24)34(31,32)22-10-8-19(2)9-11-22/h4-11,21,24H,3,12-18H2,1-2H3/t24-/m0/s1. The lowest BCUT2D eigenvalue weighted by Crippen LogP contribution is -2.45. The molecule has 2 aromatic carbocycles. The first kappa shape index (κ1) is 24.4. The Bertz CT molecular complexity index is 1140. The zero-order chi connectivity index (χ0) is 24.3. The van der Waals surface area contributed by atoms with Crippen molar-refractivity contribution in [3.8, 4) is 0 Å². The number of nitrogens with zero attached hydrogens (tertiary/aromatic N) is 2. The normalized spacial score (nSPS) is 19.5. The second-order valence-electron chi connectivity index (χ2n) is 9.00. The fourth-order valence-corrected chi connectivity index (χ4v) is 6.50. The monoisotopic (exact) mass is 484 g/mol. The molecule has 1 atom stereocenters. The van der Waals surface area contributed by atoms with Gasteiger partial charge in [0.15, 0.2) is 0 Å². The Morgan fingerprint density at radius 2 is 1.68 bits per heavy atom. The number of sulfonamides is 1. The van der Waals surface area contributed by atoms with Crippen LogP contribution in [0.15, 0.2) is 53.4 Å². The summed E-state index contributed by atoms with van der Waals surface area (Å²) >= 11 is 0. The van der Waals surface area contributed by atoms with Crippen molar-refractivity contribution in [2.24, 2.45) is 5.92 Å². The van der Waals surface area contributed by atoms with Gasteiger partial charge in [-0.3, -0.25) is 9.59 Å².